The lowest BCUT2D eigenvalue weighted by molar-refractivity contribution is -0.149. The fourth-order valence-corrected chi connectivity index (χ4v) is 4.46. The predicted octanol–water partition coefficient (Wildman–Crippen LogP) is 3.93. The van der Waals surface area contributed by atoms with Gasteiger partial charge in [-0.25, -0.2) is 9.78 Å². The second-order valence-corrected chi connectivity index (χ2v) is 8.57. The lowest BCUT2D eigenvalue weighted by atomic mass is 10.2. The smallest absolute Gasteiger partial charge is 0.347 e. The molecule has 0 spiro atoms. The monoisotopic (exact) mass is 448 g/mol. The number of nitrogens with zero attached hydrogens (tertiary/aromatic N) is 3. The minimum atomic E-state index is -0.616. The van der Waals surface area contributed by atoms with E-state index in [4.69, 9.17) is 29.3 Å². The highest BCUT2D eigenvalue weighted by molar-refractivity contribution is 5.89. The van der Waals surface area contributed by atoms with Crippen LogP contribution >= 0.6 is 0 Å². The number of aryl methyl sites for hydroxylation is 1. The van der Waals surface area contributed by atoms with E-state index in [0.717, 1.165) is 54.6 Å². The predicted molar refractivity (Wildman–Crippen MR) is 121 cm³/mol. The second kappa shape index (κ2) is 7.68. The molecule has 6 rings (SSSR count). The molecule has 0 saturated heterocycles. The summed E-state index contributed by atoms with van der Waals surface area (Å²) in [7, 11) is 1.39. The Labute approximate surface area is 189 Å². The first kappa shape index (κ1) is 19.9. The molecule has 1 fully saturated rings. The van der Waals surface area contributed by atoms with Gasteiger partial charge in [0.15, 0.2) is 11.7 Å². The van der Waals surface area contributed by atoms with Crippen LogP contribution in [0.25, 0.3) is 33.5 Å². The largest absolute Gasteiger partial charge is 0.491 e. The molecule has 9 nitrogen and oxygen atoms in total. The minimum absolute atomic E-state index is 0.137. The summed E-state index contributed by atoms with van der Waals surface area (Å²) in [4.78, 5) is 21.5. The Morgan fingerprint density at radius 1 is 1.18 bits per heavy atom. The number of rotatable bonds is 5. The third kappa shape index (κ3) is 3.53. The van der Waals surface area contributed by atoms with Crippen molar-refractivity contribution in [3.63, 3.8) is 0 Å². The summed E-state index contributed by atoms with van der Waals surface area (Å²) in [5, 5.41) is 0. The van der Waals surface area contributed by atoms with E-state index < -0.39 is 6.10 Å². The third-order valence-electron chi connectivity index (χ3n) is 6.22. The van der Waals surface area contributed by atoms with Crippen molar-refractivity contribution in [2.45, 2.75) is 38.3 Å². The first-order valence-corrected chi connectivity index (χ1v) is 11.2. The maximum Gasteiger partial charge on any atom is 0.347 e. The fourth-order valence-electron chi connectivity index (χ4n) is 4.46. The molecule has 2 aromatic heterocycles. The maximum absolute atomic E-state index is 12.3. The molecule has 1 aliphatic heterocycles. The van der Waals surface area contributed by atoms with Crippen LogP contribution in [-0.4, -0.2) is 40.3 Å². The van der Waals surface area contributed by atoms with Crippen molar-refractivity contribution < 1.29 is 23.4 Å². The first-order valence-electron chi connectivity index (χ1n) is 11.2. The lowest BCUT2D eigenvalue weighted by Gasteiger charge is -2.19. The number of oxazole rings is 1. The van der Waals surface area contributed by atoms with Crippen LogP contribution in [0.3, 0.4) is 0 Å². The van der Waals surface area contributed by atoms with Gasteiger partial charge >= 0.3 is 5.97 Å². The van der Waals surface area contributed by atoms with E-state index in [9.17, 15) is 4.79 Å². The number of imidazole rings is 1. The van der Waals surface area contributed by atoms with Crippen LogP contribution in [0.2, 0.25) is 0 Å². The Bertz CT molecular complexity index is 1370. The van der Waals surface area contributed by atoms with Crippen LogP contribution < -0.4 is 15.2 Å². The van der Waals surface area contributed by atoms with Crippen LogP contribution in [-0.2, 0) is 16.1 Å². The van der Waals surface area contributed by atoms with E-state index in [-0.39, 0.29) is 17.9 Å². The number of aromatic nitrogens is 3. The standard InChI is InChI=1S/C24H24N4O5/c1-30-23(29)21(13-4-5-13)32-15-11-17-20-19(12-15)31-9-3-2-8-28(20)22(26-17)14-6-7-18-16(10-14)27-24(25)33-18/h6-7,10-13,21H,2-5,8-9H2,1H3,(H2,25,27). The average molecular weight is 448 g/mol. The molecule has 1 unspecified atom stereocenters. The number of carbonyl (C=O) groups excluding carboxylic acids is 1. The van der Waals surface area contributed by atoms with Gasteiger partial charge in [0, 0.05) is 30.2 Å². The molecule has 2 aliphatic rings. The van der Waals surface area contributed by atoms with E-state index in [0.29, 0.717) is 29.2 Å². The van der Waals surface area contributed by atoms with Gasteiger partial charge in [-0.15, -0.1) is 0 Å². The lowest BCUT2D eigenvalue weighted by Crippen LogP contribution is -2.30. The molecule has 1 saturated carbocycles. The zero-order valence-electron chi connectivity index (χ0n) is 18.2. The number of methoxy groups -OCH3 is 1. The van der Waals surface area contributed by atoms with Crippen molar-refractivity contribution in [3.05, 3.63) is 30.3 Å². The normalized spacial score (nSPS) is 16.8. The molecule has 3 heterocycles. The molecule has 0 bridgehead atoms. The molecule has 0 radical (unpaired) electrons. The van der Waals surface area contributed by atoms with Gasteiger partial charge in [0.2, 0.25) is 0 Å². The summed E-state index contributed by atoms with van der Waals surface area (Å²) in [5.74, 6) is 1.89. The van der Waals surface area contributed by atoms with Gasteiger partial charge in [-0.05, 0) is 43.9 Å². The molecule has 170 valence electrons. The number of carbonyl (C=O) groups is 1. The van der Waals surface area contributed by atoms with E-state index in [2.05, 4.69) is 9.55 Å². The zero-order valence-corrected chi connectivity index (χ0v) is 18.2. The Kier molecular flexibility index (Phi) is 4.63. The van der Waals surface area contributed by atoms with Crippen molar-refractivity contribution in [3.8, 4) is 22.9 Å². The van der Waals surface area contributed by atoms with Crippen molar-refractivity contribution in [2.24, 2.45) is 5.92 Å². The molecule has 9 heteroatoms. The van der Waals surface area contributed by atoms with Gasteiger partial charge in [0.1, 0.15) is 28.4 Å². The average Bonchev–Trinajstić information content (AvgIpc) is 3.47. The first-order chi connectivity index (χ1) is 16.1. The quantitative estimate of drug-likeness (QED) is 0.457. The summed E-state index contributed by atoms with van der Waals surface area (Å²) in [6, 6.07) is 9.60. The van der Waals surface area contributed by atoms with Gasteiger partial charge < -0.3 is 28.9 Å². The maximum atomic E-state index is 12.3. The molecule has 4 aromatic rings. The number of benzene rings is 2. The van der Waals surface area contributed by atoms with Gasteiger partial charge in [-0.1, -0.05) is 0 Å². The Morgan fingerprint density at radius 2 is 2.06 bits per heavy atom. The van der Waals surface area contributed by atoms with E-state index in [1.54, 1.807) is 0 Å². The molecular weight excluding hydrogens is 424 g/mol. The van der Waals surface area contributed by atoms with Crippen molar-refractivity contribution in [2.75, 3.05) is 19.5 Å². The SMILES string of the molecule is COC(=O)C(Oc1cc2c3c(c1)nc(-c1ccc4oc(N)nc4c1)n3CCCCO2)C1CC1. The number of esters is 1. The van der Waals surface area contributed by atoms with Crippen LogP contribution in [0.1, 0.15) is 25.7 Å². The second-order valence-electron chi connectivity index (χ2n) is 8.57. The Hall–Kier alpha value is -3.75. The van der Waals surface area contributed by atoms with Crippen LogP contribution in [0.4, 0.5) is 6.01 Å². The van der Waals surface area contributed by atoms with Crippen molar-refractivity contribution in [1.82, 2.24) is 14.5 Å². The fraction of sp³-hybridized carbons (Fsp3) is 0.375. The third-order valence-corrected chi connectivity index (χ3v) is 6.22. The summed E-state index contributed by atoms with van der Waals surface area (Å²) < 4.78 is 24.8. The molecular formula is C24H24N4O5. The molecule has 1 atom stereocenters. The molecule has 0 amide bonds. The number of nitrogens with two attached hydrogens (primary N) is 1. The highest BCUT2D eigenvalue weighted by atomic mass is 16.6. The minimum Gasteiger partial charge on any atom is -0.491 e. The highest BCUT2D eigenvalue weighted by Crippen LogP contribution is 2.40. The van der Waals surface area contributed by atoms with E-state index in [1.165, 1.54) is 7.11 Å². The van der Waals surface area contributed by atoms with Crippen LogP contribution in [0, 0.1) is 5.92 Å². The van der Waals surface area contributed by atoms with Crippen molar-refractivity contribution in [1.29, 1.82) is 0 Å². The Morgan fingerprint density at radius 3 is 2.88 bits per heavy atom. The summed E-state index contributed by atoms with van der Waals surface area (Å²) >= 11 is 0. The molecule has 33 heavy (non-hydrogen) atoms. The van der Waals surface area contributed by atoms with Gasteiger partial charge in [-0.2, -0.15) is 4.98 Å². The zero-order chi connectivity index (χ0) is 22.5. The van der Waals surface area contributed by atoms with E-state index >= 15 is 0 Å². The van der Waals surface area contributed by atoms with E-state index in [1.807, 2.05) is 30.3 Å². The van der Waals surface area contributed by atoms with Crippen LogP contribution in [0.15, 0.2) is 34.7 Å². The van der Waals surface area contributed by atoms with Crippen molar-refractivity contribution >= 4 is 34.1 Å². The van der Waals surface area contributed by atoms with Gasteiger partial charge in [0.05, 0.1) is 19.2 Å². The molecule has 2 N–H and O–H groups in total. The summed E-state index contributed by atoms with van der Waals surface area (Å²) in [6.45, 7) is 1.43. The Balaban J connectivity index is 1.47. The summed E-state index contributed by atoms with van der Waals surface area (Å²) in [6.07, 6.45) is 3.20. The summed E-state index contributed by atoms with van der Waals surface area (Å²) in [5.41, 5.74) is 9.60. The van der Waals surface area contributed by atoms with Gasteiger partial charge in [0.25, 0.3) is 6.01 Å². The number of hydrogen-bond donors (Lipinski definition) is 1. The topological polar surface area (TPSA) is 115 Å². The number of fused-ring (bicyclic) bond motifs is 1. The van der Waals surface area contributed by atoms with Crippen LogP contribution in [0.5, 0.6) is 11.5 Å². The number of nitrogen functional groups attached to an aromatic ring is 1. The number of hydrogen-bond acceptors (Lipinski definition) is 8. The number of anilines is 1. The van der Waals surface area contributed by atoms with Gasteiger partial charge in [-0.3, -0.25) is 0 Å². The highest BCUT2D eigenvalue weighted by Gasteiger charge is 2.39. The molecule has 1 aliphatic carbocycles. The number of ether oxygens (including phenoxy) is 3. The molecule has 2 aromatic carbocycles.